The molecule has 0 aliphatic carbocycles. The minimum absolute atomic E-state index is 0. The van der Waals surface area contributed by atoms with Crippen LogP contribution in [0.4, 0.5) is 13.2 Å². The second-order valence-electron chi connectivity index (χ2n) is 7.09. The Morgan fingerprint density at radius 3 is 2.40 bits per heavy atom. The van der Waals surface area contributed by atoms with E-state index in [-0.39, 0.29) is 37.1 Å². The molecule has 10 heteroatoms. The fraction of sp³-hybridized carbons (Fsp3) is 0.650. The summed E-state index contributed by atoms with van der Waals surface area (Å²) in [6.07, 6.45) is -4.97. The Kier molecular flexibility index (Phi) is 12.0. The monoisotopic (exact) mass is 544 g/mol. The van der Waals surface area contributed by atoms with Gasteiger partial charge in [0, 0.05) is 32.7 Å². The highest BCUT2D eigenvalue weighted by atomic mass is 127. The van der Waals surface area contributed by atoms with Crippen molar-refractivity contribution >= 4 is 29.9 Å². The summed E-state index contributed by atoms with van der Waals surface area (Å²) in [4.78, 5) is 7.81. The topological polar surface area (TPSA) is 60.3 Å². The molecule has 1 aromatic rings. The summed E-state index contributed by atoms with van der Waals surface area (Å²) in [6.45, 7) is 6.03. The molecular weight excluding hydrogens is 512 g/mol. The molecular formula is C20H32F3IN4O2. The molecule has 1 saturated heterocycles. The number of benzene rings is 1. The van der Waals surface area contributed by atoms with Gasteiger partial charge in [0.25, 0.3) is 0 Å². The normalized spacial score (nSPS) is 17.9. The number of halogens is 4. The van der Waals surface area contributed by atoms with Crippen LogP contribution in [0.3, 0.4) is 0 Å². The van der Waals surface area contributed by atoms with Gasteiger partial charge in [-0.05, 0) is 19.4 Å². The number of aliphatic hydroxyl groups excluding tert-OH is 1. The van der Waals surface area contributed by atoms with Gasteiger partial charge in [-0.25, -0.2) is 0 Å². The Hall–Kier alpha value is -1.11. The number of rotatable bonds is 8. The van der Waals surface area contributed by atoms with Crippen molar-refractivity contribution in [1.29, 1.82) is 0 Å². The maximum atomic E-state index is 12.9. The summed E-state index contributed by atoms with van der Waals surface area (Å²) in [6, 6.07) is 8.24. The van der Waals surface area contributed by atoms with Gasteiger partial charge in [-0.2, -0.15) is 13.2 Å². The number of piperazine rings is 1. The molecule has 2 atom stereocenters. The molecule has 2 unspecified atom stereocenters. The molecule has 0 amide bonds. The summed E-state index contributed by atoms with van der Waals surface area (Å²) >= 11 is 0. The van der Waals surface area contributed by atoms with Crippen LogP contribution in [0.2, 0.25) is 0 Å². The fourth-order valence-electron chi connectivity index (χ4n) is 3.09. The van der Waals surface area contributed by atoms with Crippen LogP contribution in [0.5, 0.6) is 0 Å². The number of aliphatic imine (C=N–C) groups is 1. The molecule has 2 N–H and O–H groups in total. The van der Waals surface area contributed by atoms with E-state index in [0.717, 1.165) is 5.56 Å². The highest BCUT2D eigenvalue weighted by molar-refractivity contribution is 14.0. The largest absolute Gasteiger partial charge is 0.403 e. The third-order valence-corrected chi connectivity index (χ3v) is 4.84. The van der Waals surface area contributed by atoms with Gasteiger partial charge in [0.15, 0.2) is 5.96 Å². The zero-order valence-corrected chi connectivity index (χ0v) is 19.8. The van der Waals surface area contributed by atoms with E-state index in [9.17, 15) is 18.3 Å². The number of nitrogens with one attached hydrogen (secondary N) is 1. The summed E-state index contributed by atoms with van der Waals surface area (Å²) in [5.74, 6) is 0.605. The molecule has 0 saturated carbocycles. The number of hydrogen-bond acceptors (Lipinski definition) is 4. The van der Waals surface area contributed by atoms with Crippen LogP contribution in [-0.4, -0.2) is 85.1 Å². The van der Waals surface area contributed by atoms with Crippen molar-refractivity contribution in [2.75, 3.05) is 45.9 Å². The Morgan fingerprint density at radius 2 is 1.83 bits per heavy atom. The Morgan fingerprint density at radius 1 is 1.20 bits per heavy atom. The molecule has 0 spiro atoms. The summed E-state index contributed by atoms with van der Waals surface area (Å²) in [5.41, 5.74) is 1.03. The van der Waals surface area contributed by atoms with Gasteiger partial charge in [-0.1, -0.05) is 30.3 Å². The molecule has 1 aliphatic rings. The van der Waals surface area contributed by atoms with E-state index in [1.165, 1.54) is 11.8 Å². The second-order valence-corrected chi connectivity index (χ2v) is 7.09. The van der Waals surface area contributed by atoms with Crippen molar-refractivity contribution in [2.45, 2.75) is 38.8 Å². The minimum Gasteiger partial charge on any atom is -0.389 e. The van der Waals surface area contributed by atoms with Crippen molar-refractivity contribution in [3.63, 3.8) is 0 Å². The van der Waals surface area contributed by atoms with E-state index in [4.69, 9.17) is 4.74 Å². The lowest BCUT2D eigenvalue weighted by atomic mass is 10.2. The van der Waals surface area contributed by atoms with Gasteiger partial charge in [0.05, 0.1) is 25.9 Å². The SMILES string of the molecule is CCNC(=NCC(O)COCc1ccccc1)N1CCN(C(C)C(F)(F)F)CC1.I. The lowest BCUT2D eigenvalue weighted by Crippen LogP contribution is -2.56. The molecule has 1 aliphatic heterocycles. The predicted molar refractivity (Wildman–Crippen MR) is 122 cm³/mol. The lowest BCUT2D eigenvalue weighted by molar-refractivity contribution is -0.181. The number of hydrogen-bond donors (Lipinski definition) is 2. The zero-order valence-electron chi connectivity index (χ0n) is 17.4. The van der Waals surface area contributed by atoms with E-state index in [1.807, 2.05) is 42.2 Å². The Bertz CT molecular complexity index is 626. The first-order valence-corrected chi connectivity index (χ1v) is 9.95. The third kappa shape index (κ3) is 8.94. The van der Waals surface area contributed by atoms with Crippen molar-refractivity contribution < 1.29 is 23.0 Å². The molecule has 6 nitrogen and oxygen atoms in total. The van der Waals surface area contributed by atoms with Crippen LogP contribution < -0.4 is 5.32 Å². The molecule has 0 bridgehead atoms. The number of ether oxygens (including phenoxy) is 1. The first kappa shape index (κ1) is 26.9. The van der Waals surface area contributed by atoms with Crippen LogP contribution in [-0.2, 0) is 11.3 Å². The van der Waals surface area contributed by atoms with Gasteiger partial charge in [-0.3, -0.25) is 9.89 Å². The Balaban J connectivity index is 0.00000450. The summed E-state index contributed by atoms with van der Waals surface area (Å²) in [7, 11) is 0. The van der Waals surface area contributed by atoms with Crippen LogP contribution in [0.1, 0.15) is 19.4 Å². The quantitative estimate of drug-likeness (QED) is 0.300. The zero-order chi connectivity index (χ0) is 21.3. The van der Waals surface area contributed by atoms with Gasteiger partial charge < -0.3 is 20.1 Å². The standard InChI is InChI=1S/C20H31F3N4O2.HI/c1-3-24-19(27-11-9-26(10-12-27)16(2)20(21,22)23)25-13-18(28)15-29-14-17-7-5-4-6-8-17;/h4-8,16,18,28H,3,9-15H2,1-2H3,(H,24,25);1H. The van der Waals surface area contributed by atoms with E-state index in [1.54, 1.807) is 0 Å². The average molecular weight is 544 g/mol. The number of guanidine groups is 1. The number of aliphatic hydroxyl groups is 1. The molecule has 1 aromatic carbocycles. The molecule has 30 heavy (non-hydrogen) atoms. The fourth-order valence-corrected chi connectivity index (χ4v) is 3.09. The lowest BCUT2D eigenvalue weighted by Gasteiger charge is -2.39. The molecule has 1 heterocycles. The summed E-state index contributed by atoms with van der Waals surface area (Å²) in [5, 5.41) is 13.3. The molecule has 0 aromatic heterocycles. The van der Waals surface area contributed by atoms with Gasteiger partial charge in [0.1, 0.15) is 6.04 Å². The molecule has 0 radical (unpaired) electrons. The first-order chi connectivity index (χ1) is 13.8. The van der Waals surface area contributed by atoms with Crippen molar-refractivity contribution in [3.8, 4) is 0 Å². The maximum absolute atomic E-state index is 12.9. The number of nitrogens with zero attached hydrogens (tertiary/aromatic N) is 3. The van der Waals surface area contributed by atoms with E-state index in [0.29, 0.717) is 45.3 Å². The first-order valence-electron chi connectivity index (χ1n) is 9.95. The summed E-state index contributed by atoms with van der Waals surface area (Å²) < 4.78 is 44.2. The van der Waals surface area contributed by atoms with Crippen molar-refractivity contribution in [1.82, 2.24) is 15.1 Å². The van der Waals surface area contributed by atoms with Crippen LogP contribution >= 0.6 is 24.0 Å². The average Bonchev–Trinajstić information content (AvgIpc) is 2.71. The van der Waals surface area contributed by atoms with Crippen LogP contribution in [0.25, 0.3) is 0 Å². The van der Waals surface area contributed by atoms with Crippen LogP contribution in [0.15, 0.2) is 35.3 Å². The van der Waals surface area contributed by atoms with E-state index in [2.05, 4.69) is 10.3 Å². The number of alkyl halides is 3. The van der Waals surface area contributed by atoms with Crippen LogP contribution in [0, 0.1) is 0 Å². The molecule has 1 fully saturated rings. The smallest absolute Gasteiger partial charge is 0.389 e. The van der Waals surface area contributed by atoms with Gasteiger partial charge in [0.2, 0.25) is 0 Å². The molecule has 172 valence electrons. The predicted octanol–water partition coefficient (Wildman–Crippen LogP) is 2.72. The maximum Gasteiger partial charge on any atom is 0.403 e. The highest BCUT2D eigenvalue weighted by Gasteiger charge is 2.41. The highest BCUT2D eigenvalue weighted by Crippen LogP contribution is 2.25. The van der Waals surface area contributed by atoms with Crippen molar-refractivity contribution in [2.24, 2.45) is 4.99 Å². The van der Waals surface area contributed by atoms with Gasteiger partial charge in [-0.15, -0.1) is 24.0 Å². The van der Waals surface area contributed by atoms with Crippen molar-refractivity contribution in [3.05, 3.63) is 35.9 Å². The third-order valence-electron chi connectivity index (χ3n) is 4.84. The second kappa shape index (κ2) is 13.3. The molecule has 2 rings (SSSR count). The van der Waals surface area contributed by atoms with Gasteiger partial charge >= 0.3 is 6.18 Å². The van der Waals surface area contributed by atoms with E-state index < -0.39 is 18.3 Å². The van der Waals surface area contributed by atoms with E-state index >= 15 is 0 Å². The Labute approximate surface area is 193 Å². The minimum atomic E-state index is -4.22.